The number of aliphatic hydroxyl groups is 1. The van der Waals surface area contributed by atoms with E-state index >= 15 is 0 Å². The van der Waals surface area contributed by atoms with Gasteiger partial charge in [-0.25, -0.2) is 0 Å². The highest BCUT2D eigenvalue weighted by molar-refractivity contribution is 14.1. The summed E-state index contributed by atoms with van der Waals surface area (Å²) < 4.78 is 11.8. The molecule has 2 heterocycles. The molecule has 39 heavy (non-hydrogen) atoms. The topological polar surface area (TPSA) is 91.3 Å². The molecule has 2 aliphatic heterocycles. The Morgan fingerprint density at radius 1 is 1.05 bits per heavy atom. The van der Waals surface area contributed by atoms with Gasteiger partial charge in [-0.15, -0.1) is 0 Å². The molecule has 2 aromatic carbocycles. The fraction of sp³-hybridized carbons (Fsp3) is 0.533. The first-order valence-electron chi connectivity index (χ1n) is 13.8. The summed E-state index contributed by atoms with van der Waals surface area (Å²) in [6.07, 6.45) is 2.04. The Bertz CT molecular complexity index is 1100. The fourth-order valence-corrected chi connectivity index (χ4v) is 5.93. The van der Waals surface area contributed by atoms with E-state index in [2.05, 4.69) is 51.9 Å². The van der Waals surface area contributed by atoms with Gasteiger partial charge in [-0.1, -0.05) is 55.0 Å². The lowest BCUT2D eigenvalue weighted by molar-refractivity contribution is -0.165. The van der Waals surface area contributed by atoms with Crippen LogP contribution in [-0.2, 0) is 16.1 Å². The number of piperazine rings is 1. The maximum Gasteiger partial charge on any atom is 0.248 e. The van der Waals surface area contributed by atoms with E-state index in [1.807, 2.05) is 43.3 Å². The number of ether oxygens (including phenoxy) is 2. The molecule has 2 fully saturated rings. The Morgan fingerprint density at radius 2 is 1.64 bits per heavy atom. The van der Waals surface area contributed by atoms with Gasteiger partial charge in [0.1, 0.15) is 28.8 Å². The van der Waals surface area contributed by atoms with Crippen LogP contribution in [0.2, 0.25) is 0 Å². The van der Waals surface area contributed by atoms with Crippen LogP contribution in [0.1, 0.15) is 45.1 Å². The van der Waals surface area contributed by atoms with Gasteiger partial charge in [0.05, 0.1) is 13.2 Å². The highest BCUT2D eigenvalue weighted by atomic mass is 127. The first kappa shape index (κ1) is 29.6. The number of piperidine rings is 1. The van der Waals surface area contributed by atoms with E-state index in [4.69, 9.17) is 9.47 Å². The van der Waals surface area contributed by atoms with E-state index in [0.29, 0.717) is 36.9 Å². The molecule has 1 unspecified atom stereocenters. The standard InChI is InChI=1S/C30H40IN3O5/c1-4-5-16-34-28(36)26(27(35)21(2)19-31)32-29(37)30(34)14-17-33(18-15-30)20-22-6-8-24(9-7-22)39-25-12-10-23(38-3)11-13-25/h6-13,21,26-27,35H,4-5,14-20H2,1-3H3,(H,32,37)/t21?,26-,27-/m1/s1. The van der Waals surface area contributed by atoms with Gasteiger partial charge >= 0.3 is 0 Å². The first-order valence-corrected chi connectivity index (χ1v) is 15.3. The lowest BCUT2D eigenvalue weighted by atomic mass is 9.80. The van der Waals surface area contributed by atoms with Crippen molar-refractivity contribution in [3.63, 3.8) is 0 Å². The number of benzene rings is 2. The van der Waals surface area contributed by atoms with Crippen LogP contribution >= 0.6 is 22.6 Å². The minimum Gasteiger partial charge on any atom is -0.497 e. The molecule has 0 aliphatic carbocycles. The SMILES string of the molecule is CCCCN1C(=O)[C@@H]([C@H](O)C(C)CI)NC(=O)C12CCN(Cc1ccc(Oc3ccc(OC)cc3)cc1)CC2. The van der Waals surface area contributed by atoms with Gasteiger partial charge < -0.3 is 24.8 Å². The summed E-state index contributed by atoms with van der Waals surface area (Å²) >= 11 is 2.21. The molecular formula is C30H40IN3O5. The summed E-state index contributed by atoms with van der Waals surface area (Å²) in [5.74, 6) is 1.94. The van der Waals surface area contributed by atoms with Crippen LogP contribution in [-0.4, -0.2) is 75.6 Å². The number of likely N-dealkylation sites (tertiary alicyclic amines) is 1. The smallest absolute Gasteiger partial charge is 0.248 e. The van der Waals surface area contributed by atoms with Crippen molar-refractivity contribution in [1.82, 2.24) is 15.1 Å². The van der Waals surface area contributed by atoms with Crippen molar-refractivity contribution in [1.29, 1.82) is 0 Å². The van der Waals surface area contributed by atoms with Gasteiger partial charge in [-0.2, -0.15) is 0 Å². The number of methoxy groups -OCH3 is 1. The van der Waals surface area contributed by atoms with Crippen molar-refractivity contribution in [3.8, 4) is 17.2 Å². The average Bonchev–Trinajstić information content (AvgIpc) is 2.96. The molecule has 2 amide bonds. The lowest BCUT2D eigenvalue weighted by Gasteiger charge is -2.52. The lowest BCUT2D eigenvalue weighted by Crippen LogP contribution is -2.75. The Labute approximate surface area is 245 Å². The van der Waals surface area contributed by atoms with Crippen molar-refractivity contribution in [2.45, 2.75) is 63.8 Å². The van der Waals surface area contributed by atoms with Gasteiger partial charge in [-0.05, 0) is 67.1 Å². The number of nitrogens with one attached hydrogen (secondary N) is 1. The highest BCUT2D eigenvalue weighted by Crippen LogP contribution is 2.35. The molecule has 0 saturated carbocycles. The van der Waals surface area contributed by atoms with E-state index in [0.717, 1.165) is 42.2 Å². The van der Waals surface area contributed by atoms with Gasteiger partial charge in [0, 0.05) is 30.6 Å². The molecule has 2 aliphatic rings. The summed E-state index contributed by atoms with van der Waals surface area (Å²) in [6.45, 7) is 6.73. The van der Waals surface area contributed by atoms with Crippen molar-refractivity contribution < 1.29 is 24.2 Å². The van der Waals surface area contributed by atoms with Crippen LogP contribution in [0.15, 0.2) is 48.5 Å². The van der Waals surface area contributed by atoms with E-state index in [9.17, 15) is 14.7 Å². The minimum atomic E-state index is -0.892. The predicted molar refractivity (Wildman–Crippen MR) is 159 cm³/mol. The number of hydrogen-bond acceptors (Lipinski definition) is 6. The average molecular weight is 650 g/mol. The molecule has 1 spiro atoms. The molecular weight excluding hydrogens is 609 g/mol. The maximum atomic E-state index is 13.6. The molecule has 2 N–H and O–H groups in total. The zero-order chi connectivity index (χ0) is 28.0. The molecule has 2 saturated heterocycles. The molecule has 0 aromatic heterocycles. The second-order valence-corrected chi connectivity index (χ2v) is 11.5. The Kier molecular flexibility index (Phi) is 10.1. The molecule has 2 aromatic rings. The number of hydrogen-bond donors (Lipinski definition) is 2. The first-order chi connectivity index (χ1) is 18.8. The molecule has 0 radical (unpaired) electrons. The van der Waals surface area contributed by atoms with E-state index in [-0.39, 0.29) is 17.7 Å². The van der Waals surface area contributed by atoms with Crippen LogP contribution in [0.25, 0.3) is 0 Å². The number of carbonyl (C=O) groups is 2. The van der Waals surface area contributed by atoms with Crippen LogP contribution in [0.3, 0.4) is 0 Å². The molecule has 212 valence electrons. The zero-order valence-corrected chi connectivity index (χ0v) is 25.2. The molecule has 8 nitrogen and oxygen atoms in total. The third-order valence-corrected chi connectivity index (χ3v) is 9.36. The summed E-state index contributed by atoms with van der Waals surface area (Å²) in [4.78, 5) is 31.3. The highest BCUT2D eigenvalue weighted by Gasteiger charge is 2.54. The van der Waals surface area contributed by atoms with Gasteiger partial charge in [0.25, 0.3) is 0 Å². The number of alkyl halides is 1. The van der Waals surface area contributed by atoms with Gasteiger partial charge in [0.15, 0.2) is 0 Å². The zero-order valence-electron chi connectivity index (χ0n) is 23.1. The number of unbranched alkanes of at least 4 members (excludes halogenated alkanes) is 1. The number of halogens is 1. The van der Waals surface area contributed by atoms with Crippen LogP contribution in [0, 0.1) is 5.92 Å². The fourth-order valence-electron chi connectivity index (χ4n) is 5.41. The second kappa shape index (κ2) is 13.3. The maximum absolute atomic E-state index is 13.6. The Hall–Kier alpha value is -2.37. The number of amides is 2. The monoisotopic (exact) mass is 649 g/mol. The molecule has 0 bridgehead atoms. The van der Waals surface area contributed by atoms with E-state index < -0.39 is 17.7 Å². The van der Waals surface area contributed by atoms with Crippen molar-refractivity contribution in [2.75, 3.05) is 31.2 Å². The van der Waals surface area contributed by atoms with Crippen molar-refractivity contribution in [3.05, 3.63) is 54.1 Å². The molecule has 4 rings (SSSR count). The molecule has 9 heteroatoms. The van der Waals surface area contributed by atoms with Crippen molar-refractivity contribution in [2.24, 2.45) is 5.92 Å². The summed E-state index contributed by atoms with van der Waals surface area (Å²) in [5.41, 5.74) is 0.318. The molecule has 3 atom stereocenters. The van der Waals surface area contributed by atoms with Gasteiger partial charge in [-0.3, -0.25) is 14.5 Å². The van der Waals surface area contributed by atoms with Gasteiger partial charge in [0.2, 0.25) is 11.8 Å². The summed E-state index contributed by atoms with van der Waals surface area (Å²) in [5, 5.41) is 13.7. The number of carbonyl (C=O) groups excluding carboxylic acids is 2. The van der Waals surface area contributed by atoms with E-state index in [1.54, 1.807) is 12.0 Å². The number of nitrogens with zero attached hydrogens (tertiary/aromatic N) is 2. The summed E-state index contributed by atoms with van der Waals surface area (Å²) in [6, 6.07) is 14.7. The Balaban J connectivity index is 1.38. The normalized spacial score (nSPS) is 20.9. The number of aliphatic hydroxyl groups excluding tert-OH is 1. The third-order valence-electron chi connectivity index (χ3n) is 7.97. The van der Waals surface area contributed by atoms with Crippen molar-refractivity contribution >= 4 is 34.4 Å². The quantitative estimate of drug-likeness (QED) is 0.278. The largest absolute Gasteiger partial charge is 0.497 e. The Morgan fingerprint density at radius 3 is 2.21 bits per heavy atom. The van der Waals surface area contributed by atoms with Crippen LogP contribution < -0.4 is 14.8 Å². The predicted octanol–water partition coefficient (Wildman–Crippen LogP) is 4.38. The summed E-state index contributed by atoms with van der Waals surface area (Å²) in [7, 11) is 1.64. The minimum absolute atomic E-state index is 0.0863. The van der Waals surface area contributed by atoms with Crippen LogP contribution in [0.4, 0.5) is 0 Å². The number of rotatable bonds is 11. The van der Waals surface area contributed by atoms with Crippen LogP contribution in [0.5, 0.6) is 17.2 Å². The van der Waals surface area contributed by atoms with E-state index in [1.165, 1.54) is 0 Å². The third kappa shape index (κ3) is 6.69. The second-order valence-electron chi connectivity index (χ2n) is 10.6.